The van der Waals surface area contributed by atoms with Gasteiger partial charge in [0, 0.05) is 6.54 Å². The molecule has 0 aliphatic rings. The van der Waals surface area contributed by atoms with E-state index in [1.807, 2.05) is 0 Å². The smallest absolute Gasteiger partial charge is 0.0162 e. The molecule has 0 bridgehead atoms. The van der Waals surface area contributed by atoms with Gasteiger partial charge in [0.15, 0.2) is 0 Å². The molecule has 0 N–H and O–H groups in total. The average Bonchev–Trinajstić information content (AvgIpc) is 2.66. The Hall–Kier alpha value is -1.08. The van der Waals surface area contributed by atoms with Crippen molar-refractivity contribution in [2.45, 2.75) is 112 Å². The van der Waals surface area contributed by atoms with Crippen LogP contribution in [-0.2, 0) is 0 Å². The molecule has 0 saturated carbocycles. The van der Waals surface area contributed by atoms with Gasteiger partial charge in [0.2, 0.25) is 0 Å². The van der Waals surface area contributed by atoms with Gasteiger partial charge < -0.3 is 4.90 Å². The molecule has 0 aliphatic carbocycles. The summed E-state index contributed by atoms with van der Waals surface area (Å²) in [5.41, 5.74) is 6.02. The van der Waals surface area contributed by atoms with Crippen LogP contribution in [0.15, 0.2) is 46.6 Å². The Labute approximate surface area is 184 Å². The first kappa shape index (κ1) is 27.9. The van der Waals surface area contributed by atoms with Gasteiger partial charge in [0.1, 0.15) is 0 Å². The maximum absolute atomic E-state index is 2.46. The zero-order valence-electron chi connectivity index (χ0n) is 20.9. The fraction of sp³-hybridized carbons (Fsp3) is 0.714. The molecule has 0 unspecified atom stereocenters. The molecule has 0 fully saturated rings. The second-order valence-corrected chi connectivity index (χ2v) is 9.23. The molecule has 0 radical (unpaired) electrons. The van der Waals surface area contributed by atoms with Crippen LogP contribution in [0, 0.1) is 0 Å². The van der Waals surface area contributed by atoms with Gasteiger partial charge in [-0.15, -0.1) is 0 Å². The van der Waals surface area contributed by atoms with Crippen molar-refractivity contribution >= 4 is 0 Å². The molecule has 168 valence electrons. The summed E-state index contributed by atoms with van der Waals surface area (Å²) in [6.45, 7) is 15.8. The largest absolute Gasteiger partial charge is 0.303 e. The lowest BCUT2D eigenvalue weighted by Gasteiger charge is -2.14. The molecule has 0 heterocycles. The maximum Gasteiger partial charge on any atom is 0.0162 e. The van der Waals surface area contributed by atoms with Crippen molar-refractivity contribution in [2.24, 2.45) is 0 Å². The van der Waals surface area contributed by atoms with Crippen LogP contribution in [0.25, 0.3) is 0 Å². The van der Waals surface area contributed by atoms with E-state index in [0.29, 0.717) is 0 Å². The minimum Gasteiger partial charge on any atom is -0.303 e. The summed E-state index contributed by atoms with van der Waals surface area (Å²) < 4.78 is 0. The van der Waals surface area contributed by atoms with Crippen LogP contribution in [0.4, 0.5) is 0 Å². The van der Waals surface area contributed by atoms with Crippen molar-refractivity contribution in [1.29, 1.82) is 0 Å². The van der Waals surface area contributed by atoms with Crippen LogP contribution in [0.1, 0.15) is 112 Å². The quantitative estimate of drug-likeness (QED) is 0.173. The molecule has 0 aromatic heterocycles. The number of allylic oxidation sites excluding steroid dienone is 7. The first-order valence-electron chi connectivity index (χ1n) is 12.1. The summed E-state index contributed by atoms with van der Waals surface area (Å²) in [4.78, 5) is 2.46. The Bertz CT molecular complexity index is 514. The predicted octanol–water partition coefficient (Wildman–Crippen LogP) is 9.03. The number of rotatable bonds is 17. The van der Waals surface area contributed by atoms with Crippen LogP contribution in [0.5, 0.6) is 0 Å². The van der Waals surface area contributed by atoms with Crippen LogP contribution in [0.2, 0.25) is 0 Å². The lowest BCUT2D eigenvalue weighted by Crippen LogP contribution is -2.19. The van der Waals surface area contributed by atoms with E-state index in [1.165, 1.54) is 99.5 Å². The van der Waals surface area contributed by atoms with E-state index in [-0.39, 0.29) is 0 Å². The molecule has 0 atom stereocenters. The number of hydrogen-bond donors (Lipinski definition) is 0. The highest BCUT2D eigenvalue weighted by Crippen LogP contribution is 2.13. The van der Waals surface area contributed by atoms with E-state index in [1.54, 1.807) is 0 Å². The highest BCUT2D eigenvalue weighted by molar-refractivity contribution is 5.07. The summed E-state index contributed by atoms with van der Waals surface area (Å²) >= 11 is 0. The Morgan fingerprint density at radius 1 is 0.621 bits per heavy atom. The van der Waals surface area contributed by atoms with Gasteiger partial charge in [0.25, 0.3) is 0 Å². The standard InChI is InChI=1S/C28H51N/c1-8-9-10-11-12-23-29(7)24-22-28(6)21-15-20-27(5)19-14-18-26(4)17-13-16-25(2)3/h16,18,20,22H,8-15,17,19,21,23-24H2,1-7H3/b26-18+,27-20+,28-22+. The van der Waals surface area contributed by atoms with E-state index in [0.717, 1.165) is 6.54 Å². The van der Waals surface area contributed by atoms with E-state index in [9.17, 15) is 0 Å². The zero-order chi connectivity index (χ0) is 21.9. The van der Waals surface area contributed by atoms with Gasteiger partial charge in [-0.25, -0.2) is 0 Å². The van der Waals surface area contributed by atoms with Gasteiger partial charge in [-0.05, 0) is 93.2 Å². The number of nitrogens with zero attached hydrogens (tertiary/aromatic N) is 1. The molecule has 0 saturated heterocycles. The van der Waals surface area contributed by atoms with Crippen LogP contribution < -0.4 is 0 Å². The third kappa shape index (κ3) is 20.0. The van der Waals surface area contributed by atoms with Gasteiger partial charge in [0.05, 0.1) is 0 Å². The zero-order valence-corrected chi connectivity index (χ0v) is 20.9. The van der Waals surface area contributed by atoms with Crippen molar-refractivity contribution < 1.29 is 0 Å². The van der Waals surface area contributed by atoms with Gasteiger partial charge in [-0.2, -0.15) is 0 Å². The maximum atomic E-state index is 2.46. The summed E-state index contributed by atoms with van der Waals surface area (Å²) in [7, 11) is 2.25. The SMILES string of the molecule is CCCCCCCN(C)C/C=C(\C)CC/C=C(\C)CC/C=C(\C)CCC=C(C)C. The first-order chi connectivity index (χ1) is 13.8. The number of unbranched alkanes of at least 4 members (excludes halogenated alkanes) is 4. The topological polar surface area (TPSA) is 3.24 Å². The van der Waals surface area contributed by atoms with E-state index >= 15 is 0 Å². The normalized spacial score (nSPS) is 13.3. The van der Waals surface area contributed by atoms with Crippen molar-refractivity contribution in [2.75, 3.05) is 20.1 Å². The average molecular weight is 402 g/mol. The highest BCUT2D eigenvalue weighted by Gasteiger charge is 1.97. The van der Waals surface area contributed by atoms with Crippen LogP contribution in [-0.4, -0.2) is 25.0 Å². The Balaban J connectivity index is 3.96. The van der Waals surface area contributed by atoms with E-state index in [4.69, 9.17) is 0 Å². The molecule has 0 amide bonds. The van der Waals surface area contributed by atoms with Crippen molar-refractivity contribution in [3.63, 3.8) is 0 Å². The Kier molecular flexibility index (Phi) is 18.2. The second kappa shape index (κ2) is 18.9. The fourth-order valence-corrected chi connectivity index (χ4v) is 3.38. The molecular formula is C28H51N. The third-order valence-corrected chi connectivity index (χ3v) is 5.55. The van der Waals surface area contributed by atoms with E-state index in [2.05, 4.69) is 77.8 Å². The van der Waals surface area contributed by atoms with Crippen LogP contribution >= 0.6 is 0 Å². The molecule has 1 nitrogen and oxygen atoms in total. The molecule has 29 heavy (non-hydrogen) atoms. The third-order valence-electron chi connectivity index (χ3n) is 5.55. The second-order valence-electron chi connectivity index (χ2n) is 9.23. The summed E-state index contributed by atoms with van der Waals surface area (Å²) in [5.74, 6) is 0. The Morgan fingerprint density at radius 2 is 1.10 bits per heavy atom. The molecule has 0 rings (SSSR count). The van der Waals surface area contributed by atoms with Gasteiger partial charge >= 0.3 is 0 Å². The first-order valence-corrected chi connectivity index (χ1v) is 12.1. The van der Waals surface area contributed by atoms with Gasteiger partial charge in [-0.1, -0.05) is 79.2 Å². The number of likely N-dealkylation sites (N-methyl/N-ethyl adjacent to an activating group) is 1. The minimum absolute atomic E-state index is 1.10. The fourth-order valence-electron chi connectivity index (χ4n) is 3.38. The molecule has 0 aliphatic heterocycles. The van der Waals surface area contributed by atoms with Crippen molar-refractivity contribution in [1.82, 2.24) is 4.90 Å². The lowest BCUT2D eigenvalue weighted by atomic mass is 10.0. The van der Waals surface area contributed by atoms with Crippen molar-refractivity contribution in [3.8, 4) is 0 Å². The van der Waals surface area contributed by atoms with Gasteiger partial charge in [-0.3, -0.25) is 0 Å². The summed E-state index contributed by atoms with van der Waals surface area (Å²) in [6, 6.07) is 0. The molecular weight excluding hydrogens is 350 g/mol. The predicted molar refractivity (Wildman–Crippen MR) is 135 cm³/mol. The van der Waals surface area contributed by atoms with Crippen molar-refractivity contribution in [3.05, 3.63) is 46.6 Å². The lowest BCUT2D eigenvalue weighted by molar-refractivity contribution is 0.355. The molecule has 0 aromatic carbocycles. The summed E-state index contributed by atoms with van der Waals surface area (Å²) in [5, 5.41) is 0. The molecule has 0 aromatic rings. The number of hydrogen-bond acceptors (Lipinski definition) is 1. The molecule has 0 spiro atoms. The highest BCUT2D eigenvalue weighted by atomic mass is 15.1. The summed E-state index contributed by atoms with van der Waals surface area (Å²) in [6.07, 6.45) is 23.6. The monoisotopic (exact) mass is 401 g/mol. The van der Waals surface area contributed by atoms with Crippen LogP contribution in [0.3, 0.4) is 0 Å². The molecule has 1 heteroatoms. The minimum atomic E-state index is 1.10. The van der Waals surface area contributed by atoms with E-state index < -0.39 is 0 Å². The Morgan fingerprint density at radius 3 is 1.62 bits per heavy atom.